The Bertz CT molecular complexity index is 326. The van der Waals surface area contributed by atoms with E-state index in [2.05, 4.69) is 0 Å². The molecule has 0 aromatic rings. The monoisotopic (exact) mass is 266 g/mol. The topological polar surface area (TPSA) is 69.7 Å². The van der Waals surface area contributed by atoms with Gasteiger partial charge in [-0.05, 0) is 18.8 Å². The maximum Gasteiger partial charge on any atom is 0.305 e. The van der Waals surface area contributed by atoms with Crippen molar-refractivity contribution in [3.63, 3.8) is 0 Å². The Morgan fingerprint density at radius 1 is 1.24 bits per heavy atom. The van der Waals surface area contributed by atoms with Crippen LogP contribution < -0.4 is 0 Å². The summed E-state index contributed by atoms with van der Waals surface area (Å²) in [5.41, 5.74) is -0.200. The minimum atomic E-state index is -3.53. The first-order valence-corrected chi connectivity index (χ1v) is 7.27. The SMILES string of the molecule is CCOC(=O)CCCS(=O)(=O)OCC(C)(C)C. The van der Waals surface area contributed by atoms with Crippen molar-refractivity contribution in [2.45, 2.75) is 40.5 Å². The minimum absolute atomic E-state index is 0.103. The van der Waals surface area contributed by atoms with Crippen molar-refractivity contribution in [1.29, 1.82) is 0 Å². The summed E-state index contributed by atoms with van der Waals surface area (Å²) < 4.78 is 32.4. The molecule has 0 amide bonds. The number of hydrogen-bond donors (Lipinski definition) is 0. The van der Waals surface area contributed by atoms with Gasteiger partial charge in [-0.2, -0.15) is 8.42 Å². The van der Waals surface area contributed by atoms with E-state index in [4.69, 9.17) is 8.92 Å². The van der Waals surface area contributed by atoms with Crippen LogP contribution in [0.25, 0.3) is 0 Å². The second-order valence-electron chi connectivity index (χ2n) is 4.99. The fraction of sp³-hybridized carbons (Fsp3) is 0.909. The van der Waals surface area contributed by atoms with Crippen molar-refractivity contribution < 1.29 is 22.1 Å². The van der Waals surface area contributed by atoms with Crippen LogP contribution in [0.1, 0.15) is 40.5 Å². The Kier molecular flexibility index (Phi) is 6.70. The van der Waals surface area contributed by atoms with Crippen LogP contribution in [-0.2, 0) is 23.8 Å². The molecule has 0 saturated heterocycles. The molecule has 0 aliphatic carbocycles. The molecule has 0 rings (SSSR count). The number of carbonyl (C=O) groups is 1. The highest BCUT2D eigenvalue weighted by Gasteiger charge is 2.18. The number of hydrogen-bond acceptors (Lipinski definition) is 5. The molecule has 102 valence electrons. The lowest BCUT2D eigenvalue weighted by Crippen LogP contribution is -2.20. The van der Waals surface area contributed by atoms with Gasteiger partial charge in [-0.3, -0.25) is 8.98 Å². The quantitative estimate of drug-likeness (QED) is 0.518. The lowest BCUT2D eigenvalue weighted by atomic mass is 9.99. The van der Waals surface area contributed by atoms with E-state index in [1.807, 2.05) is 20.8 Å². The fourth-order valence-electron chi connectivity index (χ4n) is 0.952. The molecule has 0 fully saturated rings. The van der Waals surface area contributed by atoms with E-state index in [0.29, 0.717) is 6.61 Å². The first kappa shape index (κ1) is 16.4. The summed E-state index contributed by atoms with van der Waals surface area (Å²) in [7, 11) is -3.53. The third-order valence-corrected chi connectivity index (χ3v) is 3.02. The van der Waals surface area contributed by atoms with Crippen LogP contribution in [0.5, 0.6) is 0 Å². The molecule has 6 heteroatoms. The summed E-state index contributed by atoms with van der Waals surface area (Å²) in [6.07, 6.45) is 0.331. The molecular formula is C11H22O5S. The van der Waals surface area contributed by atoms with Gasteiger partial charge >= 0.3 is 5.97 Å². The second kappa shape index (κ2) is 6.96. The summed E-state index contributed by atoms with van der Waals surface area (Å²) >= 11 is 0. The molecule has 0 aliphatic heterocycles. The number of carbonyl (C=O) groups excluding carboxylic acids is 1. The van der Waals surface area contributed by atoms with Crippen LogP contribution in [0.3, 0.4) is 0 Å². The lowest BCUT2D eigenvalue weighted by molar-refractivity contribution is -0.143. The van der Waals surface area contributed by atoms with Gasteiger partial charge in [-0.1, -0.05) is 20.8 Å². The zero-order chi connectivity index (χ0) is 13.5. The van der Waals surface area contributed by atoms with Crippen LogP contribution in [0.4, 0.5) is 0 Å². The summed E-state index contributed by atoms with van der Waals surface area (Å²) in [6, 6.07) is 0. The van der Waals surface area contributed by atoms with Crippen LogP contribution in [0, 0.1) is 5.41 Å². The highest BCUT2D eigenvalue weighted by Crippen LogP contribution is 2.15. The second-order valence-corrected chi connectivity index (χ2v) is 6.75. The van der Waals surface area contributed by atoms with E-state index < -0.39 is 10.1 Å². The molecule has 0 N–H and O–H groups in total. The van der Waals surface area contributed by atoms with Crippen molar-refractivity contribution in [2.75, 3.05) is 19.0 Å². The summed E-state index contributed by atoms with van der Waals surface area (Å²) in [6.45, 7) is 7.84. The molecule has 0 aromatic carbocycles. The predicted molar refractivity (Wildman–Crippen MR) is 65.1 cm³/mol. The summed E-state index contributed by atoms with van der Waals surface area (Å²) in [5.74, 6) is -0.527. The molecule has 0 bridgehead atoms. The molecule has 17 heavy (non-hydrogen) atoms. The molecule has 5 nitrogen and oxygen atoms in total. The van der Waals surface area contributed by atoms with Gasteiger partial charge in [0.15, 0.2) is 0 Å². The molecule has 0 aromatic heterocycles. The average molecular weight is 266 g/mol. The van der Waals surface area contributed by atoms with Crippen molar-refractivity contribution in [1.82, 2.24) is 0 Å². The van der Waals surface area contributed by atoms with Gasteiger partial charge in [-0.25, -0.2) is 0 Å². The Hall–Kier alpha value is -0.620. The van der Waals surface area contributed by atoms with Crippen molar-refractivity contribution in [3.05, 3.63) is 0 Å². The Labute approximate surface area is 104 Å². The van der Waals surface area contributed by atoms with E-state index in [1.165, 1.54) is 0 Å². The van der Waals surface area contributed by atoms with E-state index >= 15 is 0 Å². The molecule has 0 saturated carbocycles. The molecule has 0 aliphatic rings. The molecule has 0 radical (unpaired) electrons. The Balaban J connectivity index is 3.91. The fourth-order valence-corrected chi connectivity index (χ4v) is 2.10. The number of rotatable bonds is 7. The molecule has 0 unspecified atom stereocenters. The van der Waals surface area contributed by atoms with Crippen molar-refractivity contribution in [3.8, 4) is 0 Å². The van der Waals surface area contributed by atoms with Gasteiger partial charge < -0.3 is 4.74 Å². The van der Waals surface area contributed by atoms with Gasteiger partial charge in [0.2, 0.25) is 0 Å². The first-order chi connectivity index (χ1) is 7.66. The van der Waals surface area contributed by atoms with Gasteiger partial charge in [-0.15, -0.1) is 0 Å². The maximum atomic E-state index is 11.4. The van der Waals surface area contributed by atoms with E-state index in [9.17, 15) is 13.2 Å². The minimum Gasteiger partial charge on any atom is -0.466 e. The smallest absolute Gasteiger partial charge is 0.305 e. The van der Waals surface area contributed by atoms with Crippen LogP contribution in [0.2, 0.25) is 0 Å². The summed E-state index contributed by atoms with van der Waals surface area (Å²) in [4.78, 5) is 11.0. The van der Waals surface area contributed by atoms with E-state index in [0.717, 1.165) is 0 Å². The van der Waals surface area contributed by atoms with E-state index in [1.54, 1.807) is 6.92 Å². The van der Waals surface area contributed by atoms with Gasteiger partial charge in [0.05, 0.1) is 19.0 Å². The zero-order valence-electron chi connectivity index (χ0n) is 11.0. The first-order valence-electron chi connectivity index (χ1n) is 5.69. The van der Waals surface area contributed by atoms with E-state index in [-0.39, 0.29) is 36.6 Å². The Morgan fingerprint density at radius 3 is 2.29 bits per heavy atom. The molecule has 0 heterocycles. The molecule has 0 atom stereocenters. The normalized spacial score (nSPS) is 12.5. The molecular weight excluding hydrogens is 244 g/mol. The van der Waals surface area contributed by atoms with Crippen LogP contribution in [-0.4, -0.2) is 33.4 Å². The van der Waals surface area contributed by atoms with Crippen LogP contribution in [0.15, 0.2) is 0 Å². The molecule has 0 spiro atoms. The zero-order valence-corrected chi connectivity index (χ0v) is 11.8. The van der Waals surface area contributed by atoms with Crippen LogP contribution >= 0.6 is 0 Å². The van der Waals surface area contributed by atoms with Crippen molar-refractivity contribution in [2.24, 2.45) is 5.41 Å². The summed E-state index contributed by atoms with van der Waals surface area (Å²) in [5, 5.41) is 0. The van der Waals surface area contributed by atoms with Gasteiger partial charge in [0.1, 0.15) is 0 Å². The third kappa shape index (κ3) is 10.3. The third-order valence-electron chi connectivity index (χ3n) is 1.75. The van der Waals surface area contributed by atoms with Gasteiger partial charge in [0, 0.05) is 6.42 Å². The standard InChI is InChI=1S/C11H22O5S/c1-5-15-10(12)7-6-8-17(13,14)16-9-11(2,3)4/h5-9H2,1-4H3. The predicted octanol–water partition coefficient (Wildman–Crippen LogP) is 1.72. The highest BCUT2D eigenvalue weighted by atomic mass is 32.2. The number of ether oxygens (including phenoxy) is 1. The largest absolute Gasteiger partial charge is 0.466 e. The lowest BCUT2D eigenvalue weighted by Gasteiger charge is -2.17. The average Bonchev–Trinajstić information content (AvgIpc) is 2.14. The maximum absolute atomic E-state index is 11.4. The van der Waals surface area contributed by atoms with Crippen molar-refractivity contribution >= 4 is 16.1 Å². The van der Waals surface area contributed by atoms with Gasteiger partial charge in [0.25, 0.3) is 10.1 Å². The highest BCUT2D eigenvalue weighted by molar-refractivity contribution is 7.86. The number of esters is 1. The Morgan fingerprint density at radius 2 is 1.82 bits per heavy atom.